The number of carbonyl (C=O) groups is 1. The van der Waals surface area contributed by atoms with E-state index < -0.39 is 23.7 Å². The molecule has 5 rings (SSSR count). The number of ether oxygens (including phenoxy) is 1. The predicted molar refractivity (Wildman–Crippen MR) is 125 cm³/mol. The molecule has 0 radical (unpaired) electrons. The molecule has 1 aliphatic heterocycles. The smallest absolute Gasteiger partial charge is 0.327 e. The number of halogens is 2. The molecule has 7 nitrogen and oxygen atoms in total. The Morgan fingerprint density at radius 3 is 2.49 bits per heavy atom. The van der Waals surface area contributed by atoms with Gasteiger partial charge in [-0.2, -0.15) is 4.98 Å². The quantitative estimate of drug-likeness (QED) is 0.400. The van der Waals surface area contributed by atoms with E-state index >= 15 is 0 Å². The molecule has 1 unspecified atom stereocenters. The second kappa shape index (κ2) is 9.02. The summed E-state index contributed by atoms with van der Waals surface area (Å²) in [4.78, 5) is 19.0. The first-order chi connectivity index (χ1) is 16.9. The highest BCUT2D eigenvalue weighted by molar-refractivity contribution is 6.01. The summed E-state index contributed by atoms with van der Waals surface area (Å²) >= 11 is 0. The fourth-order valence-corrected chi connectivity index (χ4v) is 4.09. The molecule has 9 heteroatoms. The highest BCUT2D eigenvalue weighted by atomic mass is 19.1. The Morgan fingerprint density at radius 1 is 1.00 bits per heavy atom. The lowest BCUT2D eigenvalue weighted by Crippen LogP contribution is -2.46. The molecule has 1 aromatic heterocycles. The van der Waals surface area contributed by atoms with E-state index in [9.17, 15) is 13.6 Å². The third-order valence-corrected chi connectivity index (χ3v) is 5.72. The number of nitrogens with zero attached hydrogens (tertiary/aromatic N) is 3. The maximum absolute atomic E-state index is 14.1. The number of rotatable bonds is 5. The average molecular weight is 474 g/mol. The number of carbonyl (C=O) groups excluding carboxylic acids is 1. The van der Waals surface area contributed by atoms with Gasteiger partial charge in [-0.25, -0.2) is 13.6 Å². The number of benzene rings is 3. The van der Waals surface area contributed by atoms with Crippen molar-refractivity contribution < 1.29 is 22.8 Å². The summed E-state index contributed by atoms with van der Waals surface area (Å²) < 4.78 is 38.9. The van der Waals surface area contributed by atoms with Crippen molar-refractivity contribution in [2.45, 2.75) is 13.0 Å². The molecule has 2 amide bonds. The molecular formula is C26H20F2N4O3. The molecule has 0 fully saturated rings. The van der Waals surface area contributed by atoms with Crippen molar-refractivity contribution in [3.63, 3.8) is 0 Å². The number of urea groups is 1. The minimum atomic E-state index is -0.776. The molecule has 1 atom stereocenters. The Hall–Kier alpha value is -4.53. The van der Waals surface area contributed by atoms with Gasteiger partial charge in [0.25, 0.3) is 5.89 Å². The lowest BCUT2D eigenvalue weighted by molar-refractivity contribution is 0.244. The second-order valence-corrected chi connectivity index (χ2v) is 7.91. The maximum atomic E-state index is 14.1. The lowest BCUT2D eigenvalue weighted by atomic mass is 9.94. The molecule has 3 aromatic carbocycles. The zero-order valence-corrected chi connectivity index (χ0v) is 18.8. The molecular weight excluding hydrogens is 454 g/mol. The van der Waals surface area contributed by atoms with Crippen LogP contribution >= 0.6 is 0 Å². The minimum Gasteiger partial charge on any atom is -0.497 e. The number of methoxy groups -OCH3 is 1. The molecule has 0 aliphatic carbocycles. The number of allylic oxidation sites excluding steroid dienone is 1. The van der Waals surface area contributed by atoms with E-state index in [1.165, 1.54) is 35.2 Å². The van der Waals surface area contributed by atoms with Crippen LogP contribution in [0.25, 0.3) is 17.0 Å². The van der Waals surface area contributed by atoms with Crippen LogP contribution in [0.15, 0.2) is 83.0 Å². The Labute approximate surface area is 199 Å². The molecule has 1 aliphatic rings. The van der Waals surface area contributed by atoms with Crippen LogP contribution in [-0.2, 0) is 0 Å². The van der Waals surface area contributed by atoms with Gasteiger partial charge < -0.3 is 14.6 Å². The van der Waals surface area contributed by atoms with Crippen molar-refractivity contribution >= 4 is 17.3 Å². The topological polar surface area (TPSA) is 80.5 Å². The first-order valence-electron chi connectivity index (χ1n) is 10.8. The van der Waals surface area contributed by atoms with Gasteiger partial charge in [0.1, 0.15) is 17.4 Å². The molecule has 2 heterocycles. The van der Waals surface area contributed by atoms with E-state index in [-0.39, 0.29) is 5.89 Å². The number of amides is 2. The van der Waals surface area contributed by atoms with Gasteiger partial charge >= 0.3 is 6.03 Å². The van der Waals surface area contributed by atoms with Crippen molar-refractivity contribution in [2.75, 3.05) is 12.0 Å². The fraction of sp³-hybridized carbons (Fsp3) is 0.115. The largest absolute Gasteiger partial charge is 0.497 e. The Bertz CT molecular complexity index is 1450. The molecule has 0 saturated heterocycles. The van der Waals surface area contributed by atoms with E-state index in [2.05, 4.69) is 15.5 Å². The molecule has 35 heavy (non-hydrogen) atoms. The predicted octanol–water partition coefficient (Wildman–Crippen LogP) is 5.73. The van der Waals surface area contributed by atoms with Crippen LogP contribution in [-0.4, -0.2) is 23.3 Å². The summed E-state index contributed by atoms with van der Waals surface area (Å²) in [6, 6.07) is 17.5. The summed E-state index contributed by atoms with van der Waals surface area (Å²) in [5.41, 5.74) is 2.38. The molecule has 0 bridgehead atoms. The van der Waals surface area contributed by atoms with Crippen LogP contribution in [0.4, 0.5) is 19.3 Å². The van der Waals surface area contributed by atoms with E-state index in [0.717, 1.165) is 0 Å². The standard InChI is InChI=1S/C26H20F2N4O3/c1-15-22(25-30-24(31-35-25)17-7-4-11-21(13-17)34-2)23(16-6-3-8-18(27)12-16)29-26(33)32(15)20-10-5-9-19(28)14-20/h3-14,23H,1-2H3,(H,29,33). The van der Waals surface area contributed by atoms with Crippen molar-refractivity contribution in [2.24, 2.45) is 0 Å². The van der Waals surface area contributed by atoms with E-state index in [1.54, 1.807) is 50.4 Å². The normalized spacial score (nSPS) is 15.8. The SMILES string of the molecule is COc1cccc(-c2noc(C3=C(C)N(c4cccc(F)c4)C(=O)NC3c3cccc(F)c3)n2)c1. The number of aromatic nitrogens is 2. The molecule has 0 saturated carbocycles. The summed E-state index contributed by atoms with van der Waals surface area (Å²) in [6.07, 6.45) is 0. The van der Waals surface area contributed by atoms with Gasteiger partial charge in [0, 0.05) is 11.3 Å². The van der Waals surface area contributed by atoms with Gasteiger partial charge in [-0.05, 0) is 55.0 Å². The fourth-order valence-electron chi connectivity index (χ4n) is 4.09. The first-order valence-corrected chi connectivity index (χ1v) is 10.8. The number of hydrogen-bond donors (Lipinski definition) is 1. The van der Waals surface area contributed by atoms with Crippen LogP contribution in [0.3, 0.4) is 0 Å². The summed E-state index contributed by atoms with van der Waals surface area (Å²) in [5.74, 6) is 0.130. The number of hydrogen-bond acceptors (Lipinski definition) is 5. The van der Waals surface area contributed by atoms with Crippen LogP contribution in [0.1, 0.15) is 24.4 Å². The monoisotopic (exact) mass is 474 g/mol. The van der Waals surface area contributed by atoms with Gasteiger partial charge in [0.15, 0.2) is 0 Å². The Balaban J connectivity index is 1.66. The van der Waals surface area contributed by atoms with E-state index in [0.29, 0.717) is 39.7 Å². The van der Waals surface area contributed by atoms with Crippen LogP contribution < -0.4 is 15.0 Å². The third-order valence-electron chi connectivity index (χ3n) is 5.72. The van der Waals surface area contributed by atoms with Gasteiger partial charge in [0.05, 0.1) is 24.4 Å². The average Bonchev–Trinajstić information content (AvgIpc) is 3.33. The lowest BCUT2D eigenvalue weighted by Gasteiger charge is -2.35. The van der Waals surface area contributed by atoms with Crippen molar-refractivity contribution in [1.82, 2.24) is 15.5 Å². The van der Waals surface area contributed by atoms with Crippen molar-refractivity contribution in [3.8, 4) is 17.1 Å². The van der Waals surface area contributed by atoms with Crippen LogP contribution in [0.2, 0.25) is 0 Å². The van der Waals surface area contributed by atoms with Crippen LogP contribution in [0, 0.1) is 11.6 Å². The first kappa shape index (κ1) is 22.3. The van der Waals surface area contributed by atoms with Gasteiger partial charge in [-0.15, -0.1) is 0 Å². The molecule has 1 N–H and O–H groups in total. The number of anilines is 1. The highest BCUT2D eigenvalue weighted by Gasteiger charge is 2.36. The van der Waals surface area contributed by atoms with Crippen molar-refractivity contribution in [3.05, 3.63) is 102 Å². The third kappa shape index (κ3) is 4.23. The molecule has 0 spiro atoms. The minimum absolute atomic E-state index is 0.135. The van der Waals surface area contributed by atoms with Gasteiger partial charge in [-0.3, -0.25) is 4.90 Å². The van der Waals surface area contributed by atoms with Gasteiger partial charge in [-0.1, -0.05) is 35.5 Å². The summed E-state index contributed by atoms with van der Waals surface area (Å²) in [6.45, 7) is 1.70. The zero-order valence-electron chi connectivity index (χ0n) is 18.8. The molecule has 4 aromatic rings. The van der Waals surface area contributed by atoms with Gasteiger partial charge in [0.2, 0.25) is 5.82 Å². The Morgan fingerprint density at radius 2 is 1.74 bits per heavy atom. The van der Waals surface area contributed by atoms with Crippen LogP contribution in [0.5, 0.6) is 5.75 Å². The van der Waals surface area contributed by atoms with Crippen molar-refractivity contribution in [1.29, 1.82) is 0 Å². The number of nitrogens with one attached hydrogen (secondary N) is 1. The van der Waals surface area contributed by atoms with E-state index in [4.69, 9.17) is 9.26 Å². The second-order valence-electron chi connectivity index (χ2n) is 7.91. The summed E-state index contributed by atoms with van der Waals surface area (Å²) in [7, 11) is 1.56. The zero-order chi connectivity index (χ0) is 24.5. The Kier molecular flexibility index (Phi) is 5.74. The molecule has 176 valence electrons. The summed E-state index contributed by atoms with van der Waals surface area (Å²) in [5, 5.41) is 6.97. The highest BCUT2D eigenvalue weighted by Crippen LogP contribution is 2.39. The maximum Gasteiger partial charge on any atom is 0.327 e. The van der Waals surface area contributed by atoms with E-state index in [1.807, 2.05) is 6.07 Å².